The standard InChI is InChI=1S/C15H14FN3/c1-11-8-9-19-15(10-11)17-14(18-19)7-6-12-4-2-3-5-13(12)16/h2-5,8-10H,6-7H2,1H3. The van der Waals surface area contributed by atoms with E-state index in [1.165, 1.54) is 6.07 Å². The van der Waals surface area contributed by atoms with E-state index < -0.39 is 0 Å². The van der Waals surface area contributed by atoms with Crippen LogP contribution < -0.4 is 0 Å². The lowest BCUT2D eigenvalue weighted by atomic mass is 10.1. The first-order valence-electron chi connectivity index (χ1n) is 6.28. The van der Waals surface area contributed by atoms with Gasteiger partial charge in [-0.2, -0.15) is 5.10 Å². The van der Waals surface area contributed by atoms with Crippen molar-refractivity contribution in [1.29, 1.82) is 0 Å². The molecule has 4 heteroatoms. The third-order valence-corrected chi connectivity index (χ3v) is 3.11. The smallest absolute Gasteiger partial charge is 0.155 e. The number of nitrogens with zero attached hydrogens (tertiary/aromatic N) is 3. The molecule has 3 rings (SSSR count). The molecule has 0 aliphatic rings. The summed E-state index contributed by atoms with van der Waals surface area (Å²) < 4.78 is 15.3. The number of aryl methyl sites for hydroxylation is 3. The van der Waals surface area contributed by atoms with E-state index in [1.807, 2.05) is 31.3 Å². The van der Waals surface area contributed by atoms with Gasteiger partial charge in [-0.25, -0.2) is 13.9 Å². The van der Waals surface area contributed by atoms with Crippen LogP contribution in [0.15, 0.2) is 42.6 Å². The van der Waals surface area contributed by atoms with Gasteiger partial charge >= 0.3 is 0 Å². The first-order chi connectivity index (χ1) is 9.22. The first-order valence-corrected chi connectivity index (χ1v) is 6.28. The number of hydrogen-bond donors (Lipinski definition) is 0. The third-order valence-electron chi connectivity index (χ3n) is 3.11. The molecule has 0 bridgehead atoms. The van der Waals surface area contributed by atoms with Crippen LogP contribution in [0.2, 0.25) is 0 Å². The number of fused-ring (bicyclic) bond motifs is 1. The summed E-state index contributed by atoms with van der Waals surface area (Å²) in [7, 11) is 0. The second-order valence-corrected chi connectivity index (χ2v) is 4.63. The van der Waals surface area contributed by atoms with Gasteiger partial charge in [0, 0.05) is 12.6 Å². The van der Waals surface area contributed by atoms with Crippen molar-refractivity contribution in [3.05, 3.63) is 65.4 Å². The molecule has 1 aromatic carbocycles. The summed E-state index contributed by atoms with van der Waals surface area (Å²) in [5.41, 5.74) is 2.70. The van der Waals surface area contributed by atoms with Crippen LogP contribution in [-0.2, 0) is 12.8 Å². The lowest BCUT2D eigenvalue weighted by Crippen LogP contribution is -1.96. The van der Waals surface area contributed by atoms with Gasteiger partial charge in [-0.3, -0.25) is 0 Å². The number of halogens is 1. The summed E-state index contributed by atoms with van der Waals surface area (Å²) in [5, 5.41) is 4.38. The van der Waals surface area contributed by atoms with Crippen molar-refractivity contribution in [3.8, 4) is 0 Å². The topological polar surface area (TPSA) is 30.2 Å². The van der Waals surface area contributed by atoms with E-state index in [1.54, 1.807) is 16.6 Å². The minimum atomic E-state index is -0.165. The van der Waals surface area contributed by atoms with E-state index in [9.17, 15) is 4.39 Å². The molecule has 0 radical (unpaired) electrons. The summed E-state index contributed by atoms with van der Waals surface area (Å²) in [6.07, 6.45) is 3.15. The third kappa shape index (κ3) is 2.47. The lowest BCUT2D eigenvalue weighted by Gasteiger charge is -1.99. The zero-order chi connectivity index (χ0) is 13.2. The van der Waals surface area contributed by atoms with Crippen LogP contribution in [0, 0.1) is 12.7 Å². The van der Waals surface area contributed by atoms with Gasteiger partial charge in [-0.15, -0.1) is 0 Å². The maximum absolute atomic E-state index is 13.5. The zero-order valence-corrected chi connectivity index (χ0v) is 10.7. The van der Waals surface area contributed by atoms with Crippen molar-refractivity contribution in [2.45, 2.75) is 19.8 Å². The van der Waals surface area contributed by atoms with Crippen LogP contribution in [-0.4, -0.2) is 14.6 Å². The number of rotatable bonds is 3. The molecular weight excluding hydrogens is 241 g/mol. The van der Waals surface area contributed by atoms with Crippen molar-refractivity contribution in [1.82, 2.24) is 14.6 Å². The highest BCUT2D eigenvalue weighted by atomic mass is 19.1. The molecule has 3 nitrogen and oxygen atoms in total. The molecule has 0 unspecified atom stereocenters. The SMILES string of the molecule is Cc1ccn2nc(CCc3ccccc3F)nc2c1. The molecule has 0 aliphatic heterocycles. The molecule has 0 aliphatic carbocycles. The second kappa shape index (κ2) is 4.80. The van der Waals surface area contributed by atoms with Gasteiger partial charge in [-0.1, -0.05) is 18.2 Å². The molecule has 0 saturated heterocycles. The van der Waals surface area contributed by atoms with Crippen molar-refractivity contribution < 1.29 is 4.39 Å². The maximum atomic E-state index is 13.5. The number of aromatic nitrogens is 3. The Morgan fingerprint density at radius 2 is 2.00 bits per heavy atom. The molecule has 3 aromatic rings. The maximum Gasteiger partial charge on any atom is 0.155 e. The Hall–Kier alpha value is -2.23. The molecule has 0 saturated carbocycles. The van der Waals surface area contributed by atoms with Gasteiger partial charge in [0.05, 0.1) is 0 Å². The van der Waals surface area contributed by atoms with E-state index in [0.29, 0.717) is 18.4 Å². The highest BCUT2D eigenvalue weighted by Gasteiger charge is 2.06. The van der Waals surface area contributed by atoms with Gasteiger partial charge < -0.3 is 0 Å². The Kier molecular flexibility index (Phi) is 2.99. The highest BCUT2D eigenvalue weighted by Crippen LogP contribution is 2.10. The number of pyridine rings is 1. The minimum absolute atomic E-state index is 0.165. The molecular formula is C15H14FN3. The quantitative estimate of drug-likeness (QED) is 0.720. The average molecular weight is 255 g/mol. The monoisotopic (exact) mass is 255 g/mol. The molecule has 0 fully saturated rings. The fourth-order valence-electron chi connectivity index (χ4n) is 2.08. The van der Waals surface area contributed by atoms with Crippen molar-refractivity contribution in [2.24, 2.45) is 0 Å². The van der Waals surface area contributed by atoms with E-state index >= 15 is 0 Å². The summed E-state index contributed by atoms with van der Waals surface area (Å²) in [4.78, 5) is 4.45. The van der Waals surface area contributed by atoms with Crippen LogP contribution in [0.1, 0.15) is 17.0 Å². The van der Waals surface area contributed by atoms with E-state index in [0.717, 1.165) is 17.0 Å². The Labute approximate surface area is 110 Å². The molecule has 2 aromatic heterocycles. The number of hydrogen-bond acceptors (Lipinski definition) is 2. The summed E-state index contributed by atoms with van der Waals surface area (Å²) in [5.74, 6) is 0.580. The van der Waals surface area contributed by atoms with Crippen molar-refractivity contribution >= 4 is 5.65 Å². The normalized spacial score (nSPS) is 11.1. The summed E-state index contributed by atoms with van der Waals surface area (Å²) in [6.45, 7) is 2.02. The average Bonchev–Trinajstić information content (AvgIpc) is 2.79. The fraction of sp³-hybridized carbons (Fsp3) is 0.200. The Bertz CT molecular complexity index is 718. The Balaban J connectivity index is 1.80. The van der Waals surface area contributed by atoms with E-state index in [-0.39, 0.29) is 5.82 Å². The van der Waals surface area contributed by atoms with Crippen LogP contribution in [0.25, 0.3) is 5.65 Å². The molecule has 0 spiro atoms. The van der Waals surface area contributed by atoms with E-state index in [4.69, 9.17) is 0 Å². The van der Waals surface area contributed by atoms with Crippen molar-refractivity contribution in [2.75, 3.05) is 0 Å². The second-order valence-electron chi connectivity index (χ2n) is 4.63. The minimum Gasteiger partial charge on any atom is -0.221 e. The van der Waals surface area contributed by atoms with Gasteiger partial charge in [0.2, 0.25) is 0 Å². The predicted octanol–water partition coefficient (Wildman–Crippen LogP) is 2.96. The first kappa shape index (κ1) is 11.8. The molecule has 96 valence electrons. The largest absolute Gasteiger partial charge is 0.221 e. The van der Waals surface area contributed by atoms with Gasteiger partial charge in [0.15, 0.2) is 11.5 Å². The summed E-state index contributed by atoms with van der Waals surface area (Å²) >= 11 is 0. The van der Waals surface area contributed by atoms with E-state index in [2.05, 4.69) is 10.1 Å². The van der Waals surface area contributed by atoms with Crippen LogP contribution >= 0.6 is 0 Å². The molecule has 19 heavy (non-hydrogen) atoms. The number of benzene rings is 1. The van der Waals surface area contributed by atoms with Crippen LogP contribution in [0.4, 0.5) is 4.39 Å². The molecule has 0 atom stereocenters. The lowest BCUT2D eigenvalue weighted by molar-refractivity contribution is 0.607. The van der Waals surface area contributed by atoms with Crippen LogP contribution in [0.3, 0.4) is 0 Å². The van der Waals surface area contributed by atoms with Crippen molar-refractivity contribution in [3.63, 3.8) is 0 Å². The van der Waals surface area contributed by atoms with Gasteiger partial charge in [0.25, 0.3) is 0 Å². The molecule has 2 heterocycles. The Morgan fingerprint density at radius 1 is 1.16 bits per heavy atom. The van der Waals surface area contributed by atoms with Gasteiger partial charge in [-0.05, 0) is 42.7 Å². The zero-order valence-electron chi connectivity index (χ0n) is 10.7. The summed E-state index contributed by atoms with van der Waals surface area (Å²) in [6, 6.07) is 10.8. The molecule has 0 N–H and O–H groups in total. The molecule has 0 amide bonds. The fourth-order valence-corrected chi connectivity index (χ4v) is 2.08. The van der Waals surface area contributed by atoms with Gasteiger partial charge in [0.1, 0.15) is 5.82 Å². The Morgan fingerprint density at radius 3 is 2.84 bits per heavy atom. The highest BCUT2D eigenvalue weighted by molar-refractivity contribution is 5.40. The predicted molar refractivity (Wildman–Crippen MR) is 71.5 cm³/mol. The van der Waals surface area contributed by atoms with Crippen LogP contribution in [0.5, 0.6) is 0 Å².